The zero-order chi connectivity index (χ0) is 17.6. The molecular formula is C19H15N3O2S. The molecule has 0 unspecified atom stereocenters. The number of hydrogen-bond donors (Lipinski definition) is 2. The predicted molar refractivity (Wildman–Crippen MR) is 97.7 cm³/mol. The number of carbonyl (C=O) groups excluding carboxylic acids is 1. The van der Waals surface area contributed by atoms with Crippen LogP contribution < -0.4 is 15.9 Å². The zero-order valence-corrected chi connectivity index (χ0v) is 14.5. The Morgan fingerprint density at radius 1 is 1.08 bits per heavy atom. The lowest BCUT2D eigenvalue weighted by Crippen LogP contribution is -2.22. The van der Waals surface area contributed by atoms with Crippen LogP contribution in [-0.2, 0) is 4.79 Å². The summed E-state index contributed by atoms with van der Waals surface area (Å²) in [4.78, 5) is 20.9. The number of carbonyl (C=O) groups is 1. The minimum absolute atomic E-state index is 0.159. The van der Waals surface area contributed by atoms with Gasteiger partial charge in [0.2, 0.25) is 5.88 Å². The van der Waals surface area contributed by atoms with Gasteiger partial charge in [0, 0.05) is 10.9 Å². The van der Waals surface area contributed by atoms with E-state index in [9.17, 15) is 9.90 Å². The number of rotatable bonds is 3. The van der Waals surface area contributed by atoms with Crippen LogP contribution in [0.5, 0.6) is 5.88 Å². The molecule has 1 aliphatic rings. The number of benzene rings is 2. The van der Waals surface area contributed by atoms with E-state index < -0.39 is 0 Å². The minimum Gasteiger partial charge on any atom is -0.492 e. The van der Waals surface area contributed by atoms with Crippen LogP contribution in [0.25, 0.3) is 5.57 Å². The third-order valence-corrected chi connectivity index (χ3v) is 5.27. The highest BCUT2D eigenvalue weighted by molar-refractivity contribution is 7.17. The summed E-state index contributed by atoms with van der Waals surface area (Å²) in [5.74, 6) is -0.508. The Morgan fingerprint density at radius 2 is 1.88 bits per heavy atom. The lowest BCUT2D eigenvalue weighted by molar-refractivity contribution is -0.112. The van der Waals surface area contributed by atoms with E-state index in [0.29, 0.717) is 20.9 Å². The second-order valence-electron chi connectivity index (χ2n) is 5.85. The van der Waals surface area contributed by atoms with Crippen molar-refractivity contribution in [1.82, 2.24) is 4.98 Å². The van der Waals surface area contributed by atoms with Gasteiger partial charge in [-0.3, -0.25) is 4.79 Å². The van der Waals surface area contributed by atoms with Gasteiger partial charge in [0.25, 0.3) is 5.91 Å². The normalized spacial score (nSPS) is 12.9. The van der Waals surface area contributed by atoms with Gasteiger partial charge < -0.3 is 10.4 Å². The number of fused-ring (bicyclic) bond motifs is 1. The van der Waals surface area contributed by atoms with Crippen molar-refractivity contribution in [3.63, 3.8) is 0 Å². The summed E-state index contributed by atoms with van der Waals surface area (Å²) in [7, 11) is 0. The van der Waals surface area contributed by atoms with Gasteiger partial charge in [0.05, 0.1) is 10.9 Å². The molecule has 3 aromatic rings. The molecule has 0 bridgehead atoms. The number of aromatic nitrogens is 1. The number of aromatic hydroxyl groups is 1. The first-order valence-corrected chi connectivity index (χ1v) is 8.62. The minimum atomic E-state index is -0.349. The van der Waals surface area contributed by atoms with Crippen molar-refractivity contribution in [3.05, 3.63) is 69.0 Å². The highest BCUT2D eigenvalue weighted by Gasteiger charge is 2.24. The lowest BCUT2D eigenvalue weighted by Gasteiger charge is -2.08. The average Bonchev–Trinajstić information content (AvgIpc) is 3.10. The van der Waals surface area contributed by atoms with E-state index in [1.165, 1.54) is 16.9 Å². The maximum Gasteiger partial charge on any atom is 0.279 e. The Bertz CT molecular complexity index is 1130. The molecular weight excluding hydrogens is 334 g/mol. The molecule has 6 heteroatoms. The molecule has 0 aliphatic carbocycles. The lowest BCUT2D eigenvalue weighted by atomic mass is 10.1. The van der Waals surface area contributed by atoms with Gasteiger partial charge in [0.15, 0.2) is 5.13 Å². The zero-order valence-electron chi connectivity index (χ0n) is 13.7. The molecule has 5 nitrogen and oxygen atoms in total. The third kappa shape index (κ3) is 2.60. The Morgan fingerprint density at radius 3 is 2.72 bits per heavy atom. The fourth-order valence-electron chi connectivity index (χ4n) is 2.81. The third-order valence-electron chi connectivity index (χ3n) is 4.29. The maximum atomic E-state index is 12.3. The van der Waals surface area contributed by atoms with Crippen molar-refractivity contribution < 1.29 is 9.90 Å². The first-order valence-electron chi connectivity index (χ1n) is 7.80. The van der Waals surface area contributed by atoms with Crippen LogP contribution in [0.2, 0.25) is 0 Å². The number of hydrogen-bond acceptors (Lipinski definition) is 5. The fraction of sp³-hybridized carbons (Fsp3) is 0.105. The maximum absolute atomic E-state index is 12.3. The van der Waals surface area contributed by atoms with Gasteiger partial charge in [-0.1, -0.05) is 41.7 Å². The first kappa shape index (κ1) is 15.5. The second kappa shape index (κ2) is 5.82. The van der Waals surface area contributed by atoms with Gasteiger partial charge in [-0.15, -0.1) is 0 Å². The average molecular weight is 349 g/mol. The molecule has 0 atom stereocenters. The number of amides is 1. The Kier molecular flexibility index (Phi) is 3.62. The molecule has 0 fully saturated rings. The number of nitrogens with one attached hydrogen (secondary N) is 1. The highest BCUT2D eigenvalue weighted by atomic mass is 32.1. The number of anilines is 2. The SMILES string of the molecule is Cc1cccc(Nc2nc(O)c(C3=c4ccccc4=NC3=O)s2)c1C. The molecule has 0 saturated heterocycles. The summed E-state index contributed by atoms with van der Waals surface area (Å²) >= 11 is 1.24. The Labute approximate surface area is 148 Å². The van der Waals surface area contributed by atoms with Crippen molar-refractivity contribution in [3.8, 4) is 5.88 Å². The van der Waals surface area contributed by atoms with Crippen LogP contribution in [0.3, 0.4) is 0 Å². The molecule has 2 aromatic carbocycles. The highest BCUT2D eigenvalue weighted by Crippen LogP contribution is 2.35. The van der Waals surface area contributed by atoms with Gasteiger partial charge in [-0.2, -0.15) is 4.98 Å². The van der Waals surface area contributed by atoms with Crippen molar-refractivity contribution in [2.45, 2.75) is 13.8 Å². The molecule has 4 rings (SSSR count). The smallest absolute Gasteiger partial charge is 0.279 e. The van der Waals surface area contributed by atoms with Gasteiger partial charge in [-0.05, 0) is 37.1 Å². The number of thiazole rings is 1. The van der Waals surface area contributed by atoms with Crippen LogP contribution >= 0.6 is 11.3 Å². The molecule has 0 radical (unpaired) electrons. The molecule has 0 spiro atoms. The molecule has 124 valence electrons. The van der Waals surface area contributed by atoms with E-state index in [4.69, 9.17) is 0 Å². The molecule has 2 heterocycles. The molecule has 0 saturated carbocycles. The van der Waals surface area contributed by atoms with E-state index in [1.807, 2.05) is 50.2 Å². The summed E-state index contributed by atoms with van der Waals surface area (Å²) in [5, 5.41) is 15.4. The molecule has 1 amide bonds. The van der Waals surface area contributed by atoms with Crippen molar-refractivity contribution in [1.29, 1.82) is 0 Å². The standard InChI is InChI=1S/C19H15N3O2S/c1-10-6-5-9-13(11(10)2)21-19-22-18(24)16(25-19)15-12-7-3-4-8-14(12)20-17(15)23/h3-9,24H,1-2H3,(H,21,22). The van der Waals surface area contributed by atoms with E-state index in [1.54, 1.807) is 6.07 Å². The van der Waals surface area contributed by atoms with Crippen molar-refractivity contribution in [2.75, 3.05) is 5.32 Å². The van der Waals surface area contributed by atoms with Crippen molar-refractivity contribution in [2.24, 2.45) is 4.99 Å². The van der Waals surface area contributed by atoms with E-state index >= 15 is 0 Å². The van der Waals surface area contributed by atoms with Crippen LogP contribution in [0, 0.1) is 13.8 Å². The first-order chi connectivity index (χ1) is 12.0. The largest absolute Gasteiger partial charge is 0.492 e. The summed E-state index contributed by atoms with van der Waals surface area (Å²) < 4.78 is 0. The quantitative estimate of drug-likeness (QED) is 0.762. The van der Waals surface area contributed by atoms with E-state index in [0.717, 1.165) is 16.5 Å². The predicted octanol–water partition coefficient (Wildman–Crippen LogP) is 2.57. The van der Waals surface area contributed by atoms with Gasteiger partial charge in [0.1, 0.15) is 4.88 Å². The molecule has 1 aliphatic heterocycles. The summed E-state index contributed by atoms with van der Waals surface area (Å²) in [6.45, 7) is 4.06. The monoisotopic (exact) mass is 349 g/mol. The number of aryl methyl sites for hydroxylation is 1. The molecule has 25 heavy (non-hydrogen) atoms. The van der Waals surface area contributed by atoms with Crippen LogP contribution in [0.1, 0.15) is 16.0 Å². The molecule has 1 aromatic heterocycles. The van der Waals surface area contributed by atoms with Crippen LogP contribution in [0.4, 0.5) is 10.8 Å². The number of para-hydroxylation sites is 1. The summed E-state index contributed by atoms with van der Waals surface area (Å²) in [6.07, 6.45) is 0. The van der Waals surface area contributed by atoms with E-state index in [-0.39, 0.29) is 11.8 Å². The fourth-order valence-corrected chi connectivity index (χ4v) is 3.74. The van der Waals surface area contributed by atoms with Crippen LogP contribution in [-0.4, -0.2) is 16.0 Å². The number of nitrogens with zero attached hydrogens (tertiary/aromatic N) is 2. The topological polar surface area (TPSA) is 74.6 Å². The Balaban J connectivity index is 1.79. The summed E-state index contributed by atoms with van der Waals surface area (Å²) in [6, 6.07) is 13.3. The second-order valence-corrected chi connectivity index (χ2v) is 6.85. The Hall–Kier alpha value is -2.99. The van der Waals surface area contributed by atoms with Gasteiger partial charge in [-0.25, -0.2) is 4.99 Å². The van der Waals surface area contributed by atoms with E-state index in [2.05, 4.69) is 15.3 Å². The van der Waals surface area contributed by atoms with Gasteiger partial charge >= 0.3 is 0 Å². The van der Waals surface area contributed by atoms with Crippen molar-refractivity contribution >= 4 is 33.6 Å². The van der Waals surface area contributed by atoms with Crippen LogP contribution in [0.15, 0.2) is 47.5 Å². The summed E-state index contributed by atoms with van der Waals surface area (Å²) in [5.41, 5.74) is 3.61. The molecule has 2 N–H and O–H groups in total.